The summed E-state index contributed by atoms with van der Waals surface area (Å²) in [7, 11) is 0. The summed E-state index contributed by atoms with van der Waals surface area (Å²) < 4.78 is 0. The molecule has 3 N–H and O–H groups in total. The number of hydrogen-bond donors (Lipinski definition) is 3. The maximum Gasteiger partial charge on any atom is 0.154 e. The highest BCUT2D eigenvalue weighted by atomic mass is 35.5. The molecular weight excluding hydrogens is 457 g/mol. The molecule has 162 valence electrons. The first-order valence-corrected chi connectivity index (χ1v) is 11.1. The molecule has 0 aliphatic rings. The van der Waals surface area contributed by atoms with Gasteiger partial charge in [-0.25, -0.2) is 15.0 Å². The van der Waals surface area contributed by atoms with E-state index >= 15 is 0 Å². The summed E-state index contributed by atoms with van der Waals surface area (Å²) in [5, 5.41) is 6.60. The number of aromatic amines is 2. The SMILES string of the molecule is Clc1cnc2ccc(Cc3cc4ncnc(NCc5cnc6[nH]cc(Cl)c6c5)c4[nH]3)cc2c1. The molecule has 0 fully saturated rings. The van der Waals surface area contributed by atoms with E-state index in [9.17, 15) is 0 Å². The Bertz CT molecular complexity index is 1640. The number of benzene rings is 1. The Morgan fingerprint density at radius 3 is 2.76 bits per heavy atom. The Labute approximate surface area is 198 Å². The van der Waals surface area contributed by atoms with Crippen LogP contribution in [0.3, 0.4) is 0 Å². The monoisotopic (exact) mass is 473 g/mol. The summed E-state index contributed by atoms with van der Waals surface area (Å²) in [5.74, 6) is 0.737. The van der Waals surface area contributed by atoms with Gasteiger partial charge in [-0.15, -0.1) is 0 Å². The molecule has 9 heteroatoms. The quantitative estimate of drug-likeness (QED) is 0.290. The van der Waals surface area contributed by atoms with Crippen molar-refractivity contribution in [3.05, 3.63) is 88.2 Å². The molecule has 1 aromatic carbocycles. The minimum Gasteiger partial charge on any atom is -0.364 e. The predicted molar refractivity (Wildman–Crippen MR) is 132 cm³/mol. The van der Waals surface area contributed by atoms with E-state index in [1.807, 2.05) is 24.4 Å². The lowest BCUT2D eigenvalue weighted by atomic mass is 10.1. The van der Waals surface area contributed by atoms with Crippen molar-refractivity contribution in [2.75, 3.05) is 5.32 Å². The molecule has 0 atom stereocenters. The summed E-state index contributed by atoms with van der Waals surface area (Å²) in [4.78, 5) is 24.2. The molecule has 0 saturated carbocycles. The van der Waals surface area contributed by atoms with Crippen LogP contribution in [0.5, 0.6) is 0 Å². The average Bonchev–Trinajstić information content (AvgIpc) is 3.40. The predicted octanol–water partition coefficient (Wildman–Crippen LogP) is 5.89. The van der Waals surface area contributed by atoms with Gasteiger partial charge < -0.3 is 15.3 Å². The maximum atomic E-state index is 6.22. The van der Waals surface area contributed by atoms with Crippen LogP contribution in [-0.2, 0) is 13.0 Å². The van der Waals surface area contributed by atoms with Crippen LogP contribution in [0.4, 0.5) is 5.82 Å². The summed E-state index contributed by atoms with van der Waals surface area (Å²) in [6.45, 7) is 0.559. The van der Waals surface area contributed by atoms with E-state index < -0.39 is 0 Å². The molecule has 0 radical (unpaired) electrons. The van der Waals surface area contributed by atoms with E-state index in [2.05, 4.69) is 53.4 Å². The average molecular weight is 474 g/mol. The fraction of sp³-hybridized carbons (Fsp3) is 0.0833. The third-order valence-electron chi connectivity index (χ3n) is 5.58. The summed E-state index contributed by atoms with van der Waals surface area (Å²) in [6, 6.07) is 12.2. The van der Waals surface area contributed by atoms with Crippen LogP contribution in [0.15, 0.2) is 61.3 Å². The highest BCUT2D eigenvalue weighted by molar-refractivity contribution is 6.35. The van der Waals surface area contributed by atoms with Gasteiger partial charge in [0.15, 0.2) is 5.82 Å². The summed E-state index contributed by atoms with van der Waals surface area (Å²) >= 11 is 12.3. The van der Waals surface area contributed by atoms with Gasteiger partial charge in [0.1, 0.15) is 17.5 Å². The lowest BCUT2D eigenvalue weighted by molar-refractivity contribution is 1.08. The molecule has 5 heterocycles. The highest BCUT2D eigenvalue weighted by Crippen LogP contribution is 2.25. The van der Waals surface area contributed by atoms with Crippen LogP contribution in [0, 0.1) is 0 Å². The van der Waals surface area contributed by atoms with Crippen molar-refractivity contribution in [1.29, 1.82) is 0 Å². The molecule has 6 rings (SSSR count). The zero-order valence-corrected chi connectivity index (χ0v) is 18.7. The van der Waals surface area contributed by atoms with Gasteiger partial charge in [0.2, 0.25) is 0 Å². The standard InChI is InChI=1S/C24H17Cl2N7/c25-16-6-15-3-13(1-2-20(15)27-10-16)4-17-7-21-22(33-17)24(32-12-31-21)29-9-14-5-18-19(26)11-30-23(18)28-8-14/h1-3,5-8,10-12,33H,4,9H2,(H,28,30)(H,29,31,32). The second-order valence-corrected chi connectivity index (χ2v) is 8.71. The number of fused-ring (bicyclic) bond motifs is 3. The topological polar surface area (TPSA) is 95.2 Å². The lowest BCUT2D eigenvalue weighted by Gasteiger charge is -2.06. The number of nitrogens with zero attached hydrogens (tertiary/aromatic N) is 4. The van der Waals surface area contributed by atoms with Crippen LogP contribution in [0.25, 0.3) is 33.0 Å². The van der Waals surface area contributed by atoms with Crippen molar-refractivity contribution in [2.24, 2.45) is 0 Å². The molecule has 0 aliphatic carbocycles. The van der Waals surface area contributed by atoms with Gasteiger partial charge in [-0.1, -0.05) is 29.3 Å². The van der Waals surface area contributed by atoms with Crippen LogP contribution in [0.1, 0.15) is 16.8 Å². The normalized spacial score (nSPS) is 11.6. The molecular formula is C24H17Cl2N7. The van der Waals surface area contributed by atoms with Crippen LogP contribution in [-0.4, -0.2) is 29.9 Å². The van der Waals surface area contributed by atoms with E-state index in [1.165, 1.54) is 0 Å². The van der Waals surface area contributed by atoms with Gasteiger partial charge in [0.05, 0.1) is 21.1 Å². The Kier molecular flexibility index (Phi) is 4.86. The van der Waals surface area contributed by atoms with E-state index in [1.54, 1.807) is 18.7 Å². The maximum absolute atomic E-state index is 6.22. The van der Waals surface area contributed by atoms with E-state index in [0.29, 0.717) is 16.6 Å². The molecule has 7 nitrogen and oxygen atoms in total. The van der Waals surface area contributed by atoms with Crippen molar-refractivity contribution in [1.82, 2.24) is 29.9 Å². The Morgan fingerprint density at radius 2 is 1.82 bits per heavy atom. The van der Waals surface area contributed by atoms with Crippen LogP contribution >= 0.6 is 23.2 Å². The molecule has 6 aromatic rings. The number of halogens is 2. The van der Waals surface area contributed by atoms with Crippen LogP contribution < -0.4 is 5.32 Å². The van der Waals surface area contributed by atoms with Crippen molar-refractivity contribution < 1.29 is 0 Å². The molecule has 0 amide bonds. The number of hydrogen-bond acceptors (Lipinski definition) is 5. The second-order valence-electron chi connectivity index (χ2n) is 7.86. The fourth-order valence-corrected chi connectivity index (χ4v) is 4.37. The third kappa shape index (κ3) is 3.86. The first-order chi connectivity index (χ1) is 16.1. The van der Waals surface area contributed by atoms with E-state index in [0.717, 1.165) is 62.0 Å². The number of aromatic nitrogens is 6. The number of anilines is 1. The van der Waals surface area contributed by atoms with Gasteiger partial charge in [0.25, 0.3) is 0 Å². The van der Waals surface area contributed by atoms with Gasteiger partial charge in [-0.2, -0.15) is 0 Å². The minimum atomic E-state index is 0.559. The number of nitrogens with one attached hydrogen (secondary N) is 3. The number of pyridine rings is 2. The van der Waals surface area contributed by atoms with Gasteiger partial charge in [-0.3, -0.25) is 4.98 Å². The van der Waals surface area contributed by atoms with Crippen molar-refractivity contribution in [3.8, 4) is 0 Å². The van der Waals surface area contributed by atoms with Gasteiger partial charge in [0, 0.05) is 48.0 Å². The highest BCUT2D eigenvalue weighted by Gasteiger charge is 2.10. The molecule has 0 bridgehead atoms. The molecule has 0 unspecified atom stereocenters. The van der Waals surface area contributed by atoms with Crippen LogP contribution in [0.2, 0.25) is 10.0 Å². The lowest BCUT2D eigenvalue weighted by Crippen LogP contribution is -2.03. The van der Waals surface area contributed by atoms with E-state index in [-0.39, 0.29) is 0 Å². The van der Waals surface area contributed by atoms with Gasteiger partial charge >= 0.3 is 0 Å². The second kappa shape index (κ2) is 8.03. The minimum absolute atomic E-state index is 0.559. The number of rotatable bonds is 5. The Morgan fingerprint density at radius 1 is 0.879 bits per heavy atom. The Hall–Kier alpha value is -3.68. The van der Waals surface area contributed by atoms with Crippen molar-refractivity contribution in [3.63, 3.8) is 0 Å². The number of H-pyrrole nitrogens is 2. The zero-order valence-electron chi connectivity index (χ0n) is 17.2. The van der Waals surface area contributed by atoms with Crippen molar-refractivity contribution in [2.45, 2.75) is 13.0 Å². The first kappa shape index (κ1) is 20.0. The smallest absolute Gasteiger partial charge is 0.154 e. The van der Waals surface area contributed by atoms with Crippen molar-refractivity contribution >= 4 is 62.0 Å². The van der Waals surface area contributed by atoms with E-state index in [4.69, 9.17) is 23.2 Å². The molecule has 5 aromatic heterocycles. The largest absolute Gasteiger partial charge is 0.364 e. The Balaban J connectivity index is 1.25. The summed E-state index contributed by atoms with van der Waals surface area (Å²) in [5.41, 5.74) is 6.63. The third-order valence-corrected chi connectivity index (χ3v) is 6.10. The summed E-state index contributed by atoms with van der Waals surface area (Å²) in [6.07, 6.45) is 7.52. The first-order valence-electron chi connectivity index (χ1n) is 10.3. The molecule has 33 heavy (non-hydrogen) atoms. The zero-order chi connectivity index (χ0) is 22.4. The molecule has 0 aliphatic heterocycles. The molecule has 0 spiro atoms. The molecule has 0 saturated heterocycles. The van der Waals surface area contributed by atoms with Gasteiger partial charge in [-0.05, 0) is 41.5 Å². The fourth-order valence-electron chi connectivity index (χ4n) is 4.00.